The molecule has 0 bridgehead atoms. The molecule has 3 N–H and O–H groups in total. The van der Waals surface area contributed by atoms with Crippen molar-refractivity contribution in [1.82, 2.24) is 19.7 Å². The molecule has 2 heterocycles. The van der Waals surface area contributed by atoms with Crippen molar-refractivity contribution in [3.8, 4) is 5.82 Å². The lowest BCUT2D eigenvalue weighted by Gasteiger charge is -2.10. The molecule has 6 nitrogen and oxygen atoms in total. The molecule has 0 aromatic carbocycles. The van der Waals surface area contributed by atoms with E-state index in [1.165, 1.54) is 12.8 Å². The van der Waals surface area contributed by atoms with E-state index in [2.05, 4.69) is 26.6 Å². The molecule has 0 saturated heterocycles. The number of nitrogen functional groups attached to an aromatic ring is 1. The minimum atomic E-state index is 0.640. The largest absolute Gasteiger partial charge is 0.308 e. The van der Waals surface area contributed by atoms with Gasteiger partial charge in [0.15, 0.2) is 5.82 Å². The first-order valence-electron chi connectivity index (χ1n) is 6.07. The summed E-state index contributed by atoms with van der Waals surface area (Å²) in [5.74, 6) is 8.19. The van der Waals surface area contributed by atoms with Gasteiger partial charge in [-0.1, -0.05) is 0 Å². The van der Waals surface area contributed by atoms with Gasteiger partial charge in [-0.25, -0.2) is 20.5 Å². The standard InChI is InChI=1S/C12H16N6/c1-7-11(16-13)14-8(2)15-12(7)18-6-5-10(17-18)9-3-4-9/h5-6,9H,3-4,13H2,1-2H3,(H,14,15,16). The van der Waals surface area contributed by atoms with Gasteiger partial charge in [0.1, 0.15) is 11.6 Å². The third-order valence-corrected chi connectivity index (χ3v) is 3.19. The van der Waals surface area contributed by atoms with Crippen LogP contribution in [-0.2, 0) is 0 Å². The van der Waals surface area contributed by atoms with Gasteiger partial charge in [0.25, 0.3) is 0 Å². The summed E-state index contributed by atoms with van der Waals surface area (Å²) in [4.78, 5) is 8.68. The lowest BCUT2D eigenvalue weighted by atomic mass is 10.3. The Labute approximate surface area is 105 Å². The zero-order chi connectivity index (χ0) is 12.7. The summed E-state index contributed by atoms with van der Waals surface area (Å²) >= 11 is 0. The molecule has 1 fully saturated rings. The Hall–Kier alpha value is -1.95. The number of rotatable bonds is 3. The minimum Gasteiger partial charge on any atom is -0.308 e. The number of hydrogen-bond donors (Lipinski definition) is 2. The Balaban J connectivity index is 2.06. The van der Waals surface area contributed by atoms with Crippen molar-refractivity contribution in [2.45, 2.75) is 32.6 Å². The lowest BCUT2D eigenvalue weighted by molar-refractivity contribution is 0.792. The van der Waals surface area contributed by atoms with E-state index in [9.17, 15) is 0 Å². The highest BCUT2D eigenvalue weighted by Crippen LogP contribution is 2.39. The van der Waals surface area contributed by atoms with Gasteiger partial charge in [-0.3, -0.25) is 0 Å². The summed E-state index contributed by atoms with van der Waals surface area (Å²) in [5.41, 5.74) is 4.64. The first kappa shape index (κ1) is 11.2. The molecule has 0 atom stereocenters. The SMILES string of the molecule is Cc1nc(NN)c(C)c(-n2ccc(C3CC3)n2)n1. The molecule has 0 aliphatic heterocycles. The molecule has 94 valence electrons. The van der Waals surface area contributed by atoms with Crippen molar-refractivity contribution in [3.63, 3.8) is 0 Å². The monoisotopic (exact) mass is 244 g/mol. The number of aryl methyl sites for hydroxylation is 1. The van der Waals surface area contributed by atoms with Crippen molar-refractivity contribution in [2.75, 3.05) is 5.43 Å². The quantitative estimate of drug-likeness (QED) is 0.630. The van der Waals surface area contributed by atoms with Crippen LogP contribution in [-0.4, -0.2) is 19.7 Å². The first-order chi connectivity index (χ1) is 8.69. The summed E-state index contributed by atoms with van der Waals surface area (Å²) in [7, 11) is 0. The number of aromatic nitrogens is 4. The van der Waals surface area contributed by atoms with Gasteiger partial charge in [-0.05, 0) is 32.8 Å². The molecule has 0 unspecified atom stereocenters. The van der Waals surface area contributed by atoms with Crippen molar-refractivity contribution in [1.29, 1.82) is 0 Å². The van der Waals surface area contributed by atoms with E-state index in [1.807, 2.05) is 20.0 Å². The van der Waals surface area contributed by atoms with E-state index in [0.717, 1.165) is 17.1 Å². The van der Waals surface area contributed by atoms with Crippen molar-refractivity contribution >= 4 is 5.82 Å². The molecular formula is C12H16N6. The van der Waals surface area contributed by atoms with Crippen LogP contribution in [0.15, 0.2) is 12.3 Å². The third kappa shape index (κ3) is 1.84. The lowest BCUT2D eigenvalue weighted by Crippen LogP contribution is -2.14. The van der Waals surface area contributed by atoms with Gasteiger partial charge in [-0.2, -0.15) is 5.10 Å². The van der Waals surface area contributed by atoms with E-state index in [0.29, 0.717) is 17.6 Å². The zero-order valence-corrected chi connectivity index (χ0v) is 10.5. The molecule has 1 aliphatic carbocycles. The number of nitrogens with two attached hydrogens (primary N) is 1. The summed E-state index contributed by atoms with van der Waals surface area (Å²) in [6.07, 6.45) is 4.44. The van der Waals surface area contributed by atoms with Crippen LogP contribution >= 0.6 is 0 Å². The fraction of sp³-hybridized carbons (Fsp3) is 0.417. The maximum Gasteiger partial charge on any atom is 0.162 e. The molecule has 0 amide bonds. The van der Waals surface area contributed by atoms with E-state index < -0.39 is 0 Å². The Bertz CT molecular complexity index is 584. The second-order valence-electron chi connectivity index (χ2n) is 4.67. The number of hydrazine groups is 1. The molecule has 3 rings (SSSR count). The molecule has 2 aromatic rings. The van der Waals surface area contributed by atoms with Crippen molar-refractivity contribution in [3.05, 3.63) is 29.3 Å². The Morgan fingerprint density at radius 1 is 1.33 bits per heavy atom. The minimum absolute atomic E-state index is 0.640. The van der Waals surface area contributed by atoms with Gasteiger partial charge in [0.05, 0.1) is 5.69 Å². The summed E-state index contributed by atoms with van der Waals surface area (Å²) in [5, 5.41) is 4.58. The average Bonchev–Trinajstić information content (AvgIpc) is 3.10. The Morgan fingerprint density at radius 2 is 2.11 bits per heavy atom. The van der Waals surface area contributed by atoms with E-state index in [-0.39, 0.29) is 0 Å². The van der Waals surface area contributed by atoms with Crippen LogP contribution in [0.25, 0.3) is 5.82 Å². The molecule has 0 spiro atoms. The van der Waals surface area contributed by atoms with Crippen molar-refractivity contribution in [2.24, 2.45) is 5.84 Å². The summed E-state index contributed by atoms with van der Waals surface area (Å²) < 4.78 is 1.80. The molecule has 2 aromatic heterocycles. The molecule has 18 heavy (non-hydrogen) atoms. The van der Waals surface area contributed by atoms with Crippen LogP contribution in [0.3, 0.4) is 0 Å². The van der Waals surface area contributed by atoms with Gasteiger partial charge in [0, 0.05) is 17.7 Å². The predicted molar refractivity (Wildman–Crippen MR) is 68.4 cm³/mol. The highest BCUT2D eigenvalue weighted by Gasteiger charge is 2.26. The molecule has 1 aliphatic rings. The van der Waals surface area contributed by atoms with Crippen LogP contribution in [0.5, 0.6) is 0 Å². The number of nitrogens with one attached hydrogen (secondary N) is 1. The predicted octanol–water partition coefficient (Wildman–Crippen LogP) is 1.44. The highest BCUT2D eigenvalue weighted by atomic mass is 15.3. The normalized spacial score (nSPS) is 14.8. The highest BCUT2D eigenvalue weighted by molar-refractivity contribution is 5.50. The van der Waals surface area contributed by atoms with Crippen LogP contribution in [0.2, 0.25) is 0 Å². The third-order valence-electron chi connectivity index (χ3n) is 3.19. The second kappa shape index (κ2) is 4.06. The van der Waals surface area contributed by atoms with Gasteiger partial charge < -0.3 is 5.43 Å². The maximum absolute atomic E-state index is 5.46. The number of anilines is 1. The summed E-state index contributed by atoms with van der Waals surface area (Å²) in [6, 6.07) is 2.06. The number of hydrogen-bond acceptors (Lipinski definition) is 5. The van der Waals surface area contributed by atoms with E-state index in [1.54, 1.807) is 4.68 Å². The maximum atomic E-state index is 5.46. The smallest absolute Gasteiger partial charge is 0.162 e. The molecule has 1 saturated carbocycles. The van der Waals surface area contributed by atoms with Crippen LogP contribution in [0.1, 0.15) is 35.8 Å². The Kier molecular flexibility index (Phi) is 2.52. The van der Waals surface area contributed by atoms with E-state index in [4.69, 9.17) is 5.84 Å². The molecule has 0 radical (unpaired) electrons. The molecular weight excluding hydrogens is 228 g/mol. The Morgan fingerprint density at radius 3 is 2.78 bits per heavy atom. The van der Waals surface area contributed by atoms with E-state index >= 15 is 0 Å². The van der Waals surface area contributed by atoms with Gasteiger partial charge >= 0.3 is 0 Å². The summed E-state index contributed by atoms with van der Waals surface area (Å²) in [6.45, 7) is 3.78. The average molecular weight is 244 g/mol. The molecule has 6 heteroatoms. The van der Waals surface area contributed by atoms with Gasteiger partial charge in [0.2, 0.25) is 0 Å². The fourth-order valence-electron chi connectivity index (χ4n) is 2.03. The van der Waals surface area contributed by atoms with Crippen LogP contribution in [0, 0.1) is 13.8 Å². The second-order valence-corrected chi connectivity index (χ2v) is 4.67. The first-order valence-corrected chi connectivity index (χ1v) is 6.07. The van der Waals surface area contributed by atoms with Crippen LogP contribution < -0.4 is 11.3 Å². The van der Waals surface area contributed by atoms with Crippen molar-refractivity contribution < 1.29 is 0 Å². The van der Waals surface area contributed by atoms with Crippen LogP contribution in [0.4, 0.5) is 5.82 Å². The fourth-order valence-corrected chi connectivity index (χ4v) is 2.03. The topological polar surface area (TPSA) is 81.6 Å². The number of nitrogens with zero attached hydrogens (tertiary/aromatic N) is 4. The zero-order valence-electron chi connectivity index (χ0n) is 10.5. The van der Waals surface area contributed by atoms with Gasteiger partial charge in [-0.15, -0.1) is 0 Å².